The maximum atomic E-state index is 13.1. The molecule has 2 N–H and O–H groups in total. The smallest absolute Gasteiger partial charge is 0.282 e. The van der Waals surface area contributed by atoms with Crippen molar-refractivity contribution in [1.29, 1.82) is 0 Å². The number of nitrogens with two attached hydrogens (primary N) is 1. The molecule has 26 heavy (non-hydrogen) atoms. The molecule has 0 aromatic heterocycles. The zero-order chi connectivity index (χ0) is 18.5. The van der Waals surface area contributed by atoms with Crippen LogP contribution in [0, 0.1) is 5.82 Å². The number of amidine groups is 1. The van der Waals surface area contributed by atoms with Gasteiger partial charge in [0.2, 0.25) is 5.91 Å². The topological polar surface area (TPSA) is 67.9 Å². The number of aliphatic imine (C=N–C) groups is 1. The van der Waals surface area contributed by atoms with Gasteiger partial charge in [0.1, 0.15) is 12.4 Å². The first-order valence-corrected chi connectivity index (χ1v) is 8.64. The van der Waals surface area contributed by atoms with E-state index in [1.54, 1.807) is 17.0 Å². The number of hydrogen-bond donors (Lipinski definition) is 1. The number of halogens is 1. The third kappa shape index (κ3) is 4.39. The summed E-state index contributed by atoms with van der Waals surface area (Å²) < 4.78 is 18.3. The lowest BCUT2D eigenvalue weighted by Crippen LogP contribution is -2.22. The van der Waals surface area contributed by atoms with Crippen molar-refractivity contribution in [1.82, 2.24) is 0 Å². The fourth-order valence-electron chi connectivity index (χ4n) is 3.04. The van der Waals surface area contributed by atoms with E-state index in [-0.39, 0.29) is 23.8 Å². The molecule has 0 bridgehead atoms. The maximum Gasteiger partial charge on any atom is 0.282 e. The molecule has 0 unspecified atom stereocenters. The molecule has 0 saturated heterocycles. The largest absolute Gasteiger partial charge is 0.463 e. The Hall–Kier alpha value is -2.89. The Balaban J connectivity index is 1.63. The van der Waals surface area contributed by atoms with E-state index >= 15 is 0 Å². The molecule has 5 nitrogen and oxygen atoms in total. The van der Waals surface area contributed by atoms with Crippen LogP contribution in [0.3, 0.4) is 0 Å². The van der Waals surface area contributed by atoms with Gasteiger partial charge in [0, 0.05) is 18.3 Å². The SMILES string of the molecule is CC(=O)N(c1ccc(F)cc1)c1ccc(CCC[C@H]2COC(N)=N2)cc1. The van der Waals surface area contributed by atoms with Gasteiger partial charge in [-0.3, -0.25) is 9.69 Å². The zero-order valence-corrected chi connectivity index (χ0v) is 14.7. The minimum absolute atomic E-state index is 0.124. The molecular formula is C20H22FN3O2. The number of carbonyl (C=O) groups is 1. The summed E-state index contributed by atoms with van der Waals surface area (Å²) in [5, 5.41) is 0. The second-order valence-corrected chi connectivity index (χ2v) is 6.32. The number of hydrogen-bond acceptors (Lipinski definition) is 4. The predicted octanol–water partition coefficient (Wildman–Crippen LogP) is 3.55. The minimum atomic E-state index is -0.327. The van der Waals surface area contributed by atoms with Crippen molar-refractivity contribution in [2.75, 3.05) is 11.5 Å². The van der Waals surface area contributed by atoms with Gasteiger partial charge in [-0.25, -0.2) is 9.38 Å². The highest BCUT2D eigenvalue weighted by atomic mass is 19.1. The summed E-state index contributed by atoms with van der Waals surface area (Å²) in [6.07, 6.45) is 2.83. The molecule has 1 amide bonds. The van der Waals surface area contributed by atoms with Crippen LogP contribution in [-0.2, 0) is 16.0 Å². The van der Waals surface area contributed by atoms with Crippen molar-refractivity contribution in [3.63, 3.8) is 0 Å². The third-order valence-electron chi connectivity index (χ3n) is 4.33. The number of rotatable bonds is 6. The van der Waals surface area contributed by atoms with Gasteiger partial charge >= 0.3 is 0 Å². The van der Waals surface area contributed by atoms with E-state index in [0.29, 0.717) is 12.3 Å². The highest BCUT2D eigenvalue weighted by molar-refractivity contribution is 5.98. The van der Waals surface area contributed by atoms with Crippen LogP contribution in [0.4, 0.5) is 15.8 Å². The molecule has 2 aromatic rings. The lowest BCUT2D eigenvalue weighted by atomic mass is 10.0. The van der Waals surface area contributed by atoms with Gasteiger partial charge in [-0.15, -0.1) is 0 Å². The van der Waals surface area contributed by atoms with E-state index in [2.05, 4.69) is 4.99 Å². The molecule has 1 aliphatic heterocycles. The van der Waals surface area contributed by atoms with Crippen LogP contribution in [0.25, 0.3) is 0 Å². The van der Waals surface area contributed by atoms with Crippen LogP contribution >= 0.6 is 0 Å². The van der Waals surface area contributed by atoms with Crippen LogP contribution in [-0.4, -0.2) is 24.6 Å². The van der Waals surface area contributed by atoms with Crippen LogP contribution in [0.1, 0.15) is 25.3 Å². The summed E-state index contributed by atoms with van der Waals surface area (Å²) in [5.74, 6) is -0.451. The van der Waals surface area contributed by atoms with E-state index in [0.717, 1.165) is 24.9 Å². The molecule has 1 aliphatic rings. The molecular weight excluding hydrogens is 333 g/mol. The van der Waals surface area contributed by atoms with E-state index < -0.39 is 0 Å². The van der Waals surface area contributed by atoms with Gasteiger partial charge in [-0.05, 0) is 61.2 Å². The molecule has 0 aliphatic carbocycles. The fourth-order valence-corrected chi connectivity index (χ4v) is 3.04. The summed E-state index contributed by atoms with van der Waals surface area (Å²) in [7, 11) is 0. The molecule has 2 aromatic carbocycles. The van der Waals surface area contributed by atoms with E-state index in [4.69, 9.17) is 10.5 Å². The highest BCUT2D eigenvalue weighted by Gasteiger charge is 2.16. The summed E-state index contributed by atoms with van der Waals surface area (Å²) in [6, 6.07) is 14.2. The predicted molar refractivity (Wildman–Crippen MR) is 100.0 cm³/mol. The van der Waals surface area contributed by atoms with Gasteiger partial charge in [0.05, 0.1) is 6.04 Å². The van der Waals surface area contributed by atoms with Crippen molar-refractivity contribution in [2.24, 2.45) is 10.7 Å². The number of aryl methyl sites for hydroxylation is 1. The number of ether oxygens (including phenoxy) is 1. The third-order valence-corrected chi connectivity index (χ3v) is 4.33. The van der Waals surface area contributed by atoms with E-state index in [1.165, 1.54) is 24.6 Å². The quantitative estimate of drug-likeness (QED) is 0.862. The average molecular weight is 355 g/mol. The Morgan fingerprint density at radius 3 is 2.35 bits per heavy atom. The molecule has 0 radical (unpaired) electrons. The van der Waals surface area contributed by atoms with Gasteiger partial charge in [0.15, 0.2) is 0 Å². The summed E-state index contributed by atoms with van der Waals surface area (Å²) in [6.45, 7) is 2.06. The normalized spacial score (nSPS) is 16.1. The Labute approximate surface area is 152 Å². The van der Waals surface area contributed by atoms with Crippen molar-refractivity contribution in [3.8, 4) is 0 Å². The molecule has 3 rings (SSSR count). The second-order valence-electron chi connectivity index (χ2n) is 6.32. The van der Waals surface area contributed by atoms with Crippen LogP contribution in [0.15, 0.2) is 53.5 Å². The van der Waals surface area contributed by atoms with Crippen molar-refractivity contribution >= 4 is 23.3 Å². The Morgan fingerprint density at radius 2 is 1.81 bits per heavy atom. The molecule has 6 heteroatoms. The number of carbonyl (C=O) groups excluding carboxylic acids is 1. The van der Waals surface area contributed by atoms with Gasteiger partial charge < -0.3 is 10.5 Å². The summed E-state index contributed by atoms with van der Waals surface area (Å²) >= 11 is 0. The molecule has 1 heterocycles. The van der Waals surface area contributed by atoms with Crippen molar-refractivity contribution < 1.29 is 13.9 Å². The molecule has 1 atom stereocenters. The molecule has 0 fully saturated rings. The number of amides is 1. The lowest BCUT2D eigenvalue weighted by molar-refractivity contribution is -0.115. The Bertz CT molecular complexity index is 788. The number of anilines is 2. The monoisotopic (exact) mass is 355 g/mol. The number of benzene rings is 2. The van der Waals surface area contributed by atoms with Crippen LogP contribution in [0.2, 0.25) is 0 Å². The molecule has 136 valence electrons. The first-order valence-electron chi connectivity index (χ1n) is 8.64. The lowest BCUT2D eigenvalue weighted by Gasteiger charge is -2.21. The van der Waals surface area contributed by atoms with E-state index in [1.807, 2.05) is 24.3 Å². The second kappa shape index (κ2) is 7.99. The van der Waals surface area contributed by atoms with Crippen molar-refractivity contribution in [3.05, 3.63) is 59.9 Å². The Kier molecular flexibility index (Phi) is 5.51. The minimum Gasteiger partial charge on any atom is -0.463 e. The molecule has 0 spiro atoms. The molecule has 0 saturated carbocycles. The van der Waals surface area contributed by atoms with Crippen molar-refractivity contribution in [2.45, 2.75) is 32.2 Å². The highest BCUT2D eigenvalue weighted by Crippen LogP contribution is 2.26. The standard InChI is InChI=1S/C20H22FN3O2/c1-14(25)24(19-11-7-16(21)8-12-19)18-9-5-15(6-10-18)3-2-4-17-13-26-20(22)23-17/h5-12,17H,2-4,13H2,1H3,(H2,22,23)/t17-/m0/s1. The van der Waals surface area contributed by atoms with Crippen LogP contribution < -0.4 is 10.6 Å². The van der Waals surface area contributed by atoms with E-state index in [9.17, 15) is 9.18 Å². The summed E-state index contributed by atoms with van der Waals surface area (Å²) in [4.78, 5) is 17.8. The first-order chi connectivity index (χ1) is 12.5. The Morgan fingerprint density at radius 1 is 1.19 bits per heavy atom. The number of nitrogens with zero attached hydrogens (tertiary/aromatic N) is 2. The van der Waals surface area contributed by atoms with Crippen LogP contribution in [0.5, 0.6) is 0 Å². The summed E-state index contributed by atoms with van der Waals surface area (Å²) in [5.41, 5.74) is 8.10. The zero-order valence-electron chi connectivity index (χ0n) is 14.7. The average Bonchev–Trinajstić information content (AvgIpc) is 3.03. The maximum absolute atomic E-state index is 13.1. The van der Waals surface area contributed by atoms with Gasteiger partial charge in [-0.1, -0.05) is 12.1 Å². The van der Waals surface area contributed by atoms with Gasteiger partial charge in [-0.2, -0.15) is 0 Å². The van der Waals surface area contributed by atoms with Gasteiger partial charge in [0.25, 0.3) is 6.02 Å². The fraction of sp³-hybridized carbons (Fsp3) is 0.300. The first kappa shape index (κ1) is 17.9.